The number of ether oxygens (including phenoxy) is 3. The molecule has 0 aliphatic carbocycles. The van der Waals surface area contributed by atoms with Gasteiger partial charge in [0.15, 0.2) is 11.5 Å². The average molecular weight is 302 g/mol. The van der Waals surface area contributed by atoms with Crippen LogP contribution in [-0.4, -0.2) is 33.9 Å². The average Bonchev–Trinajstić information content (AvgIpc) is 2.36. The first kappa shape index (κ1) is 12.5. The zero-order chi connectivity index (χ0) is 12.3. The minimum absolute atomic E-state index is 0.574. The molecule has 17 heavy (non-hydrogen) atoms. The summed E-state index contributed by atoms with van der Waals surface area (Å²) >= 11 is 3.52. The van der Waals surface area contributed by atoms with Gasteiger partial charge in [-0.05, 0) is 42.0 Å². The van der Waals surface area contributed by atoms with Gasteiger partial charge < -0.3 is 19.5 Å². The second kappa shape index (κ2) is 5.60. The number of benzene rings is 1. The minimum Gasteiger partial charge on any atom is -0.495 e. The smallest absolute Gasteiger partial charge is 0.179 e. The molecule has 5 heteroatoms. The van der Waals surface area contributed by atoms with Crippen molar-refractivity contribution in [2.45, 2.75) is 6.42 Å². The molecular formula is C12H16BrNO3. The van der Waals surface area contributed by atoms with Crippen molar-refractivity contribution in [3.63, 3.8) is 0 Å². The summed E-state index contributed by atoms with van der Waals surface area (Å²) in [5.41, 5.74) is 1.11. The normalized spacial score (nSPS) is 13.6. The Kier molecular flexibility index (Phi) is 4.12. The van der Waals surface area contributed by atoms with Gasteiger partial charge >= 0.3 is 0 Å². The van der Waals surface area contributed by atoms with E-state index in [-0.39, 0.29) is 0 Å². The molecular weight excluding hydrogens is 286 g/mol. The Bertz CT molecular complexity index is 409. The van der Waals surface area contributed by atoms with E-state index in [1.54, 1.807) is 7.11 Å². The lowest BCUT2D eigenvalue weighted by Crippen LogP contribution is -2.17. The molecule has 0 amide bonds. The maximum absolute atomic E-state index is 5.59. The molecule has 0 spiro atoms. The molecule has 0 unspecified atom stereocenters. The van der Waals surface area contributed by atoms with Crippen molar-refractivity contribution < 1.29 is 14.2 Å². The number of methoxy groups -OCH3 is 1. The molecule has 0 bridgehead atoms. The quantitative estimate of drug-likeness (QED) is 0.923. The van der Waals surface area contributed by atoms with Gasteiger partial charge in [0.05, 0.1) is 7.11 Å². The maximum atomic E-state index is 5.59. The summed E-state index contributed by atoms with van der Waals surface area (Å²) in [5, 5.41) is 3.12. The van der Waals surface area contributed by atoms with E-state index in [9.17, 15) is 0 Å². The summed E-state index contributed by atoms with van der Waals surface area (Å²) in [4.78, 5) is 0. The summed E-state index contributed by atoms with van der Waals surface area (Å²) in [6.45, 7) is 2.06. The monoisotopic (exact) mass is 301 g/mol. The lowest BCUT2D eigenvalue weighted by molar-refractivity contribution is 0.169. The zero-order valence-electron chi connectivity index (χ0n) is 10.0. The molecule has 1 aliphatic heterocycles. The molecule has 1 aromatic rings. The van der Waals surface area contributed by atoms with Crippen LogP contribution in [0.2, 0.25) is 0 Å². The first-order chi connectivity index (χ1) is 8.27. The van der Waals surface area contributed by atoms with Crippen molar-refractivity contribution in [2.75, 3.05) is 33.9 Å². The Morgan fingerprint density at radius 2 is 2.18 bits per heavy atom. The van der Waals surface area contributed by atoms with Crippen molar-refractivity contribution in [3.8, 4) is 17.2 Å². The van der Waals surface area contributed by atoms with Crippen LogP contribution in [0.25, 0.3) is 0 Å². The number of likely N-dealkylation sites (N-methyl/N-ethyl adjacent to an activating group) is 1. The molecule has 1 aromatic carbocycles. The van der Waals surface area contributed by atoms with Crippen LogP contribution in [-0.2, 0) is 6.42 Å². The SMILES string of the molecule is CNCCc1cc2c(c(Br)c1OC)OCCO2. The number of fused-ring (bicyclic) bond motifs is 1. The standard InChI is InChI=1S/C12H16BrNO3/c1-14-4-3-8-7-9-12(17-6-5-16-9)10(13)11(8)15-2/h7,14H,3-6H2,1-2H3. The largest absolute Gasteiger partial charge is 0.495 e. The van der Waals surface area contributed by atoms with Crippen LogP contribution in [0.4, 0.5) is 0 Å². The van der Waals surface area contributed by atoms with Crippen LogP contribution in [0, 0.1) is 0 Å². The number of halogens is 1. The van der Waals surface area contributed by atoms with E-state index in [0.717, 1.165) is 40.3 Å². The third-order valence-electron chi connectivity index (χ3n) is 2.66. The van der Waals surface area contributed by atoms with E-state index in [1.807, 2.05) is 13.1 Å². The van der Waals surface area contributed by atoms with Gasteiger partial charge in [-0.3, -0.25) is 0 Å². The fourth-order valence-corrected chi connectivity index (χ4v) is 2.57. The fraction of sp³-hybridized carbons (Fsp3) is 0.500. The molecule has 2 rings (SSSR count). The van der Waals surface area contributed by atoms with E-state index in [0.29, 0.717) is 13.2 Å². The third kappa shape index (κ3) is 2.50. The van der Waals surface area contributed by atoms with E-state index in [4.69, 9.17) is 14.2 Å². The second-order valence-electron chi connectivity index (χ2n) is 3.76. The predicted molar refractivity (Wildman–Crippen MR) is 69.3 cm³/mol. The van der Waals surface area contributed by atoms with Crippen LogP contribution in [0.3, 0.4) is 0 Å². The van der Waals surface area contributed by atoms with Crippen LogP contribution < -0.4 is 19.5 Å². The Balaban J connectivity index is 2.40. The molecule has 0 fully saturated rings. The van der Waals surface area contributed by atoms with Crippen LogP contribution in [0.1, 0.15) is 5.56 Å². The van der Waals surface area contributed by atoms with E-state index < -0.39 is 0 Å². The van der Waals surface area contributed by atoms with E-state index >= 15 is 0 Å². The van der Waals surface area contributed by atoms with Crippen LogP contribution in [0.15, 0.2) is 10.5 Å². The van der Waals surface area contributed by atoms with Crippen molar-refractivity contribution in [2.24, 2.45) is 0 Å². The highest BCUT2D eigenvalue weighted by Crippen LogP contribution is 2.45. The number of rotatable bonds is 4. The first-order valence-electron chi connectivity index (χ1n) is 5.57. The maximum Gasteiger partial charge on any atom is 0.179 e. The minimum atomic E-state index is 0.574. The van der Waals surface area contributed by atoms with Crippen molar-refractivity contribution in [1.82, 2.24) is 5.32 Å². The van der Waals surface area contributed by atoms with Gasteiger partial charge in [0.1, 0.15) is 23.4 Å². The number of hydrogen-bond donors (Lipinski definition) is 1. The summed E-state index contributed by atoms with van der Waals surface area (Å²) in [7, 11) is 3.60. The van der Waals surface area contributed by atoms with Gasteiger partial charge in [0.25, 0.3) is 0 Å². The molecule has 0 radical (unpaired) electrons. The summed E-state index contributed by atoms with van der Waals surface area (Å²) in [6.07, 6.45) is 0.884. The first-order valence-corrected chi connectivity index (χ1v) is 6.36. The van der Waals surface area contributed by atoms with Crippen molar-refractivity contribution in [3.05, 3.63) is 16.1 Å². The molecule has 0 saturated carbocycles. The number of nitrogens with one attached hydrogen (secondary N) is 1. The Morgan fingerprint density at radius 1 is 1.41 bits per heavy atom. The highest BCUT2D eigenvalue weighted by atomic mass is 79.9. The summed E-state index contributed by atoms with van der Waals surface area (Å²) in [5.74, 6) is 2.35. The lowest BCUT2D eigenvalue weighted by atomic mass is 10.1. The van der Waals surface area contributed by atoms with Crippen molar-refractivity contribution >= 4 is 15.9 Å². The van der Waals surface area contributed by atoms with Crippen LogP contribution in [0.5, 0.6) is 17.2 Å². The molecule has 4 nitrogen and oxygen atoms in total. The topological polar surface area (TPSA) is 39.7 Å². The molecule has 94 valence electrons. The molecule has 1 N–H and O–H groups in total. The third-order valence-corrected chi connectivity index (χ3v) is 3.38. The zero-order valence-corrected chi connectivity index (χ0v) is 11.6. The molecule has 0 aromatic heterocycles. The Morgan fingerprint density at radius 3 is 2.88 bits per heavy atom. The second-order valence-corrected chi connectivity index (χ2v) is 4.55. The van der Waals surface area contributed by atoms with Gasteiger partial charge in [-0.2, -0.15) is 0 Å². The van der Waals surface area contributed by atoms with Gasteiger partial charge in [-0.25, -0.2) is 0 Å². The van der Waals surface area contributed by atoms with Crippen LogP contribution >= 0.6 is 15.9 Å². The Hall–Kier alpha value is -0.940. The Labute approximate surface area is 109 Å². The molecule has 1 heterocycles. The fourth-order valence-electron chi connectivity index (χ4n) is 1.84. The summed E-state index contributed by atoms with van der Waals surface area (Å²) < 4.78 is 17.4. The predicted octanol–water partition coefficient (Wildman–Crippen LogP) is 1.99. The van der Waals surface area contributed by atoms with Crippen molar-refractivity contribution in [1.29, 1.82) is 0 Å². The molecule has 0 saturated heterocycles. The lowest BCUT2D eigenvalue weighted by Gasteiger charge is -2.22. The summed E-state index contributed by atoms with van der Waals surface area (Å²) in [6, 6.07) is 2.00. The highest BCUT2D eigenvalue weighted by Gasteiger charge is 2.21. The van der Waals surface area contributed by atoms with Gasteiger partial charge in [-0.15, -0.1) is 0 Å². The van der Waals surface area contributed by atoms with Gasteiger partial charge in [0, 0.05) is 5.56 Å². The van der Waals surface area contributed by atoms with Gasteiger partial charge in [-0.1, -0.05) is 0 Å². The molecule has 0 atom stereocenters. The number of hydrogen-bond acceptors (Lipinski definition) is 4. The van der Waals surface area contributed by atoms with E-state index in [2.05, 4.69) is 21.2 Å². The highest BCUT2D eigenvalue weighted by molar-refractivity contribution is 9.10. The molecule has 1 aliphatic rings. The van der Waals surface area contributed by atoms with E-state index in [1.165, 1.54) is 0 Å². The van der Waals surface area contributed by atoms with Gasteiger partial charge in [0.2, 0.25) is 0 Å².